The molecule has 0 aliphatic rings. The summed E-state index contributed by atoms with van der Waals surface area (Å²) in [6, 6.07) is 10.8. The second kappa shape index (κ2) is 7.57. The van der Waals surface area contributed by atoms with Crippen LogP contribution in [0.2, 0.25) is 0 Å². The Labute approximate surface area is 153 Å². The number of phenols is 1. The maximum absolute atomic E-state index is 12.4. The molecule has 3 rings (SSSR count). The molecule has 0 atom stereocenters. The number of phenolic OH excluding ortho intramolecular Hbond substituents is 1. The molecule has 7 nitrogen and oxygen atoms in total. The fourth-order valence-electron chi connectivity index (χ4n) is 2.43. The third-order valence-corrected chi connectivity index (χ3v) is 3.80. The minimum absolute atomic E-state index is 0.114. The van der Waals surface area contributed by atoms with E-state index in [2.05, 4.69) is 10.1 Å². The third-order valence-electron chi connectivity index (χ3n) is 3.80. The van der Waals surface area contributed by atoms with Crippen molar-refractivity contribution >= 4 is 34.6 Å². The molecule has 0 spiro atoms. The molecule has 0 saturated heterocycles. The number of nitrogens with one attached hydrogen (secondary N) is 1. The summed E-state index contributed by atoms with van der Waals surface area (Å²) >= 11 is 0. The standard InChI is InChI=1S/C20H15NO6/c1-26-20(25)12-6-8-15(16(22)10-12)21-18(23)9-7-13-11-27-17-5-3-2-4-14(17)19(13)24/h2-11,22H,1H3,(H,21,23)/b9-7+. The fraction of sp³-hybridized carbons (Fsp3) is 0.0500. The number of esters is 1. The molecule has 136 valence electrons. The molecule has 0 fully saturated rings. The highest BCUT2D eigenvalue weighted by molar-refractivity contribution is 6.03. The first kappa shape index (κ1) is 17.9. The Bertz CT molecular complexity index is 1110. The SMILES string of the molecule is COC(=O)c1ccc(NC(=O)/C=C/c2coc3ccccc3c2=O)c(O)c1. The Morgan fingerprint density at radius 1 is 1.19 bits per heavy atom. The number of rotatable bonds is 4. The van der Waals surface area contributed by atoms with E-state index < -0.39 is 11.9 Å². The number of fused-ring (bicyclic) bond motifs is 1. The van der Waals surface area contributed by atoms with Gasteiger partial charge in [-0.2, -0.15) is 0 Å². The first-order valence-corrected chi connectivity index (χ1v) is 7.90. The predicted molar refractivity (Wildman–Crippen MR) is 99.6 cm³/mol. The van der Waals surface area contributed by atoms with Gasteiger partial charge in [0.15, 0.2) is 5.43 Å². The Morgan fingerprint density at radius 2 is 1.96 bits per heavy atom. The van der Waals surface area contributed by atoms with Crippen LogP contribution in [-0.2, 0) is 9.53 Å². The van der Waals surface area contributed by atoms with Gasteiger partial charge >= 0.3 is 5.97 Å². The first-order valence-electron chi connectivity index (χ1n) is 7.90. The number of amides is 1. The second-order valence-electron chi connectivity index (χ2n) is 5.56. The number of carbonyl (C=O) groups excluding carboxylic acids is 2. The van der Waals surface area contributed by atoms with Crippen molar-refractivity contribution in [2.45, 2.75) is 0 Å². The van der Waals surface area contributed by atoms with Gasteiger partial charge in [-0.1, -0.05) is 12.1 Å². The summed E-state index contributed by atoms with van der Waals surface area (Å²) in [7, 11) is 1.23. The summed E-state index contributed by atoms with van der Waals surface area (Å²) in [5.74, 6) is -1.46. The highest BCUT2D eigenvalue weighted by atomic mass is 16.5. The summed E-state index contributed by atoms with van der Waals surface area (Å²) in [5, 5.41) is 12.8. The number of anilines is 1. The maximum Gasteiger partial charge on any atom is 0.337 e. The van der Waals surface area contributed by atoms with Crippen molar-refractivity contribution in [3.63, 3.8) is 0 Å². The summed E-state index contributed by atoms with van der Waals surface area (Å²) in [6.07, 6.45) is 3.75. The molecule has 2 aromatic carbocycles. The van der Waals surface area contributed by atoms with Crippen molar-refractivity contribution < 1.29 is 23.8 Å². The average Bonchev–Trinajstić information content (AvgIpc) is 2.68. The lowest BCUT2D eigenvalue weighted by molar-refractivity contribution is -0.111. The van der Waals surface area contributed by atoms with Gasteiger partial charge in [0.1, 0.15) is 17.6 Å². The van der Waals surface area contributed by atoms with Gasteiger partial charge in [0.05, 0.1) is 29.3 Å². The minimum Gasteiger partial charge on any atom is -0.506 e. The van der Waals surface area contributed by atoms with E-state index in [0.717, 1.165) is 6.08 Å². The van der Waals surface area contributed by atoms with Crippen LogP contribution in [0, 0.1) is 0 Å². The molecule has 0 saturated carbocycles. The van der Waals surface area contributed by atoms with E-state index in [1.165, 1.54) is 37.6 Å². The van der Waals surface area contributed by atoms with Gasteiger partial charge in [-0.15, -0.1) is 0 Å². The van der Waals surface area contributed by atoms with Crippen LogP contribution >= 0.6 is 0 Å². The van der Waals surface area contributed by atoms with E-state index >= 15 is 0 Å². The van der Waals surface area contributed by atoms with Crippen LogP contribution in [0.5, 0.6) is 5.75 Å². The molecule has 1 amide bonds. The quantitative estimate of drug-likeness (QED) is 0.418. The zero-order chi connectivity index (χ0) is 19.4. The van der Waals surface area contributed by atoms with Gasteiger partial charge in [-0.3, -0.25) is 9.59 Å². The van der Waals surface area contributed by atoms with Gasteiger partial charge in [-0.05, 0) is 36.4 Å². The molecule has 0 aliphatic heterocycles. The van der Waals surface area contributed by atoms with Crippen molar-refractivity contribution in [1.29, 1.82) is 0 Å². The minimum atomic E-state index is -0.605. The van der Waals surface area contributed by atoms with Crippen LogP contribution in [0.3, 0.4) is 0 Å². The van der Waals surface area contributed by atoms with E-state index in [-0.39, 0.29) is 28.0 Å². The largest absolute Gasteiger partial charge is 0.506 e. The highest BCUT2D eigenvalue weighted by Crippen LogP contribution is 2.24. The van der Waals surface area contributed by atoms with Gasteiger partial charge in [0.25, 0.3) is 0 Å². The Morgan fingerprint density at radius 3 is 2.70 bits per heavy atom. The van der Waals surface area contributed by atoms with Gasteiger partial charge < -0.3 is 19.6 Å². The van der Waals surface area contributed by atoms with Gasteiger partial charge in [-0.25, -0.2) is 4.79 Å². The zero-order valence-electron chi connectivity index (χ0n) is 14.3. The number of para-hydroxylation sites is 1. The smallest absolute Gasteiger partial charge is 0.337 e. The summed E-state index contributed by atoms with van der Waals surface area (Å²) < 4.78 is 9.93. The summed E-state index contributed by atoms with van der Waals surface area (Å²) in [6.45, 7) is 0. The van der Waals surface area contributed by atoms with E-state index in [1.807, 2.05) is 0 Å². The molecule has 0 unspecified atom stereocenters. The van der Waals surface area contributed by atoms with Crippen LogP contribution in [0.25, 0.3) is 17.0 Å². The van der Waals surface area contributed by atoms with E-state index in [4.69, 9.17) is 4.42 Å². The Kier molecular flexibility index (Phi) is 5.03. The highest BCUT2D eigenvalue weighted by Gasteiger charge is 2.10. The number of hydrogen-bond acceptors (Lipinski definition) is 6. The number of hydrogen-bond donors (Lipinski definition) is 2. The summed E-state index contributed by atoms with van der Waals surface area (Å²) in [4.78, 5) is 35.8. The Hall–Kier alpha value is -3.87. The third kappa shape index (κ3) is 3.87. The normalized spacial score (nSPS) is 10.9. The van der Waals surface area contributed by atoms with Gasteiger partial charge in [0, 0.05) is 6.08 Å². The number of methoxy groups -OCH3 is 1. The second-order valence-corrected chi connectivity index (χ2v) is 5.56. The van der Waals surface area contributed by atoms with Crippen molar-refractivity contribution in [2.75, 3.05) is 12.4 Å². The van der Waals surface area contributed by atoms with E-state index in [1.54, 1.807) is 24.3 Å². The lowest BCUT2D eigenvalue weighted by Crippen LogP contribution is -2.10. The lowest BCUT2D eigenvalue weighted by Gasteiger charge is -2.06. The number of carbonyl (C=O) groups is 2. The monoisotopic (exact) mass is 365 g/mol. The van der Waals surface area contributed by atoms with Crippen LogP contribution < -0.4 is 10.7 Å². The first-order chi connectivity index (χ1) is 13.0. The number of benzene rings is 2. The molecule has 1 heterocycles. The molecule has 2 N–H and O–H groups in total. The van der Waals surface area contributed by atoms with E-state index in [9.17, 15) is 19.5 Å². The Balaban J connectivity index is 1.77. The average molecular weight is 365 g/mol. The van der Waals surface area contributed by atoms with Crippen molar-refractivity contribution in [3.05, 3.63) is 76.2 Å². The van der Waals surface area contributed by atoms with Crippen molar-refractivity contribution in [3.8, 4) is 5.75 Å². The molecular weight excluding hydrogens is 350 g/mol. The zero-order valence-corrected chi connectivity index (χ0v) is 14.3. The summed E-state index contributed by atoms with van der Waals surface area (Å²) in [5.41, 5.74) is 0.681. The molecule has 0 aliphatic carbocycles. The molecule has 7 heteroatoms. The van der Waals surface area contributed by atoms with Crippen LogP contribution in [0.1, 0.15) is 15.9 Å². The van der Waals surface area contributed by atoms with Gasteiger partial charge in [0.2, 0.25) is 5.91 Å². The van der Waals surface area contributed by atoms with E-state index in [0.29, 0.717) is 11.0 Å². The molecule has 3 aromatic rings. The molecular formula is C20H15NO6. The molecule has 0 bridgehead atoms. The lowest BCUT2D eigenvalue weighted by atomic mass is 10.1. The fourth-order valence-corrected chi connectivity index (χ4v) is 2.43. The van der Waals surface area contributed by atoms with Crippen molar-refractivity contribution in [2.24, 2.45) is 0 Å². The molecule has 0 radical (unpaired) electrons. The van der Waals surface area contributed by atoms with Crippen LogP contribution in [-0.4, -0.2) is 24.1 Å². The maximum atomic E-state index is 12.4. The predicted octanol–water partition coefficient (Wildman–Crippen LogP) is 2.94. The molecule has 27 heavy (non-hydrogen) atoms. The van der Waals surface area contributed by atoms with Crippen molar-refractivity contribution in [1.82, 2.24) is 0 Å². The number of ether oxygens (including phenoxy) is 1. The van der Waals surface area contributed by atoms with Crippen LogP contribution in [0.4, 0.5) is 5.69 Å². The van der Waals surface area contributed by atoms with Crippen LogP contribution in [0.15, 0.2) is 64.0 Å². The molecule has 1 aromatic heterocycles. The number of aromatic hydroxyl groups is 1. The topological polar surface area (TPSA) is 106 Å².